The maximum Gasteiger partial charge on any atom is 0.322 e. The lowest BCUT2D eigenvalue weighted by molar-refractivity contribution is 0.180. The highest BCUT2D eigenvalue weighted by Crippen LogP contribution is 2.22. The third kappa shape index (κ3) is 4.05. The van der Waals surface area contributed by atoms with E-state index in [1.54, 1.807) is 31.6 Å². The fourth-order valence-electron chi connectivity index (χ4n) is 2.78. The van der Waals surface area contributed by atoms with Gasteiger partial charge in [-0.25, -0.2) is 19.2 Å². The number of rotatable bonds is 5. The number of carbonyl (C=O) groups is 1. The van der Waals surface area contributed by atoms with Gasteiger partial charge in [0.25, 0.3) is 0 Å². The minimum absolute atomic E-state index is 0.0862. The van der Waals surface area contributed by atoms with Gasteiger partial charge in [0, 0.05) is 44.6 Å². The Bertz CT molecular complexity index is 653. The molecule has 0 aromatic carbocycles. The molecule has 2 aromatic rings. The van der Waals surface area contributed by atoms with Crippen molar-refractivity contribution < 1.29 is 13.7 Å². The molecule has 9 heteroatoms. The van der Waals surface area contributed by atoms with E-state index in [0.29, 0.717) is 37.7 Å². The number of nitrogens with one attached hydrogen (secondary N) is 1. The highest BCUT2D eigenvalue weighted by molar-refractivity contribution is 5.87. The number of alkyl halides is 1. The first-order valence-electron chi connectivity index (χ1n) is 7.68. The SMILES string of the molecule is CN(C[C@@H]1C[C@H](F)CN1Cc1ncccn1)C(=O)Nc1ccon1. The summed E-state index contributed by atoms with van der Waals surface area (Å²) in [5.74, 6) is 0.988. The zero-order valence-electron chi connectivity index (χ0n) is 13.3. The van der Waals surface area contributed by atoms with Crippen LogP contribution >= 0.6 is 0 Å². The number of halogens is 1. The van der Waals surface area contributed by atoms with E-state index in [1.165, 1.54) is 11.2 Å². The van der Waals surface area contributed by atoms with E-state index in [-0.39, 0.29) is 12.1 Å². The lowest BCUT2D eigenvalue weighted by Crippen LogP contribution is -2.42. The molecule has 0 spiro atoms. The van der Waals surface area contributed by atoms with Gasteiger partial charge in [0.2, 0.25) is 0 Å². The van der Waals surface area contributed by atoms with Crippen molar-refractivity contribution in [2.45, 2.75) is 25.2 Å². The molecular weight excluding hydrogens is 315 g/mol. The molecule has 3 rings (SSSR count). The van der Waals surface area contributed by atoms with Crippen molar-refractivity contribution in [1.29, 1.82) is 0 Å². The third-order valence-electron chi connectivity index (χ3n) is 3.94. The maximum atomic E-state index is 13.9. The largest absolute Gasteiger partial charge is 0.363 e. The highest BCUT2D eigenvalue weighted by atomic mass is 19.1. The first-order valence-corrected chi connectivity index (χ1v) is 7.68. The van der Waals surface area contributed by atoms with Gasteiger partial charge in [0.05, 0.1) is 6.54 Å². The first-order chi connectivity index (χ1) is 11.6. The molecule has 24 heavy (non-hydrogen) atoms. The van der Waals surface area contributed by atoms with Gasteiger partial charge in [0.1, 0.15) is 18.3 Å². The highest BCUT2D eigenvalue weighted by Gasteiger charge is 2.34. The molecule has 1 N–H and O–H groups in total. The molecule has 0 bridgehead atoms. The average molecular weight is 334 g/mol. The lowest BCUT2D eigenvalue weighted by atomic mass is 10.2. The molecule has 3 heterocycles. The zero-order chi connectivity index (χ0) is 16.9. The predicted molar refractivity (Wildman–Crippen MR) is 83.9 cm³/mol. The number of urea groups is 1. The van der Waals surface area contributed by atoms with Crippen LogP contribution in [0.3, 0.4) is 0 Å². The van der Waals surface area contributed by atoms with Crippen LogP contribution in [0.1, 0.15) is 12.2 Å². The van der Waals surface area contributed by atoms with E-state index in [1.807, 2.05) is 4.90 Å². The van der Waals surface area contributed by atoms with Gasteiger partial charge < -0.3 is 9.42 Å². The zero-order valence-corrected chi connectivity index (χ0v) is 13.3. The van der Waals surface area contributed by atoms with Crippen LogP contribution in [-0.2, 0) is 6.54 Å². The van der Waals surface area contributed by atoms with E-state index in [9.17, 15) is 9.18 Å². The van der Waals surface area contributed by atoms with Gasteiger partial charge in [-0.15, -0.1) is 0 Å². The van der Waals surface area contributed by atoms with Crippen molar-refractivity contribution in [3.05, 3.63) is 36.6 Å². The minimum atomic E-state index is -0.911. The van der Waals surface area contributed by atoms with Crippen LogP contribution in [0.4, 0.5) is 15.0 Å². The molecular formula is C15H19FN6O2. The van der Waals surface area contributed by atoms with Crippen LogP contribution in [0.5, 0.6) is 0 Å². The van der Waals surface area contributed by atoms with Crippen LogP contribution in [-0.4, -0.2) is 63.3 Å². The van der Waals surface area contributed by atoms with Gasteiger partial charge >= 0.3 is 6.03 Å². The lowest BCUT2D eigenvalue weighted by Gasteiger charge is -2.27. The second kappa shape index (κ2) is 7.35. The van der Waals surface area contributed by atoms with E-state index in [2.05, 4.69) is 25.0 Å². The molecule has 1 aliphatic heterocycles. The quantitative estimate of drug-likeness (QED) is 0.892. The number of hydrogen-bond acceptors (Lipinski definition) is 6. The standard InChI is InChI=1S/C15H19FN6O2/c1-21(15(23)19-13-3-6-24-20-13)9-12-7-11(16)8-22(12)10-14-17-4-2-5-18-14/h2-6,11-12H,7-10H2,1H3,(H,19,20,23)/t11-,12-/m0/s1. The predicted octanol–water partition coefficient (Wildman–Crippen LogP) is 1.54. The Morgan fingerprint density at radius 1 is 1.50 bits per heavy atom. The van der Waals surface area contributed by atoms with Crippen LogP contribution in [0.2, 0.25) is 0 Å². The van der Waals surface area contributed by atoms with Gasteiger partial charge in [-0.1, -0.05) is 5.16 Å². The number of hydrogen-bond donors (Lipinski definition) is 1. The van der Waals surface area contributed by atoms with E-state index in [4.69, 9.17) is 0 Å². The molecule has 2 amide bonds. The summed E-state index contributed by atoms with van der Waals surface area (Å²) in [4.78, 5) is 24.0. The summed E-state index contributed by atoms with van der Waals surface area (Å²) in [6.07, 6.45) is 4.18. The summed E-state index contributed by atoms with van der Waals surface area (Å²) < 4.78 is 18.5. The number of likely N-dealkylation sites (tertiary alicyclic amines) is 1. The van der Waals surface area contributed by atoms with Crippen molar-refractivity contribution in [1.82, 2.24) is 24.9 Å². The van der Waals surface area contributed by atoms with Crippen LogP contribution in [0.15, 0.2) is 35.3 Å². The molecule has 2 aromatic heterocycles. The Kier molecular flexibility index (Phi) is 4.99. The minimum Gasteiger partial charge on any atom is -0.363 e. The van der Waals surface area contributed by atoms with Gasteiger partial charge in [0.15, 0.2) is 5.82 Å². The summed E-state index contributed by atoms with van der Waals surface area (Å²) in [6, 6.07) is 2.89. The topological polar surface area (TPSA) is 87.4 Å². The van der Waals surface area contributed by atoms with Gasteiger partial charge in [-0.2, -0.15) is 0 Å². The molecule has 128 valence electrons. The Hall–Kier alpha value is -2.55. The normalized spacial score (nSPS) is 20.9. The van der Waals surface area contributed by atoms with Crippen molar-refractivity contribution in [3.8, 4) is 0 Å². The fraction of sp³-hybridized carbons (Fsp3) is 0.467. The number of likely N-dealkylation sites (N-methyl/N-ethyl adjacent to an activating group) is 1. The summed E-state index contributed by atoms with van der Waals surface area (Å²) in [7, 11) is 1.66. The Morgan fingerprint density at radius 2 is 2.29 bits per heavy atom. The summed E-state index contributed by atoms with van der Waals surface area (Å²) in [6.45, 7) is 1.18. The Labute approximate surface area is 138 Å². The first kappa shape index (κ1) is 16.3. The van der Waals surface area contributed by atoms with Crippen molar-refractivity contribution >= 4 is 11.8 Å². The van der Waals surface area contributed by atoms with Crippen molar-refractivity contribution in [3.63, 3.8) is 0 Å². The number of anilines is 1. The number of aromatic nitrogens is 3. The molecule has 1 fully saturated rings. The van der Waals surface area contributed by atoms with Crippen LogP contribution in [0, 0.1) is 0 Å². The number of carbonyl (C=O) groups excluding carboxylic acids is 1. The van der Waals surface area contributed by atoms with Crippen LogP contribution < -0.4 is 5.32 Å². The van der Waals surface area contributed by atoms with E-state index < -0.39 is 6.17 Å². The van der Waals surface area contributed by atoms with Crippen LogP contribution in [0.25, 0.3) is 0 Å². The Balaban J connectivity index is 1.58. The molecule has 0 unspecified atom stereocenters. The third-order valence-corrected chi connectivity index (χ3v) is 3.94. The molecule has 2 atom stereocenters. The molecule has 1 saturated heterocycles. The van der Waals surface area contributed by atoms with Crippen molar-refractivity contribution in [2.75, 3.05) is 25.5 Å². The maximum absolute atomic E-state index is 13.9. The average Bonchev–Trinajstić information content (AvgIpc) is 3.18. The molecule has 0 radical (unpaired) electrons. The molecule has 1 aliphatic rings. The summed E-state index contributed by atoms with van der Waals surface area (Å²) >= 11 is 0. The van der Waals surface area contributed by atoms with E-state index in [0.717, 1.165) is 0 Å². The smallest absolute Gasteiger partial charge is 0.322 e. The van der Waals surface area contributed by atoms with E-state index >= 15 is 0 Å². The fourth-order valence-corrected chi connectivity index (χ4v) is 2.78. The Morgan fingerprint density at radius 3 is 3.00 bits per heavy atom. The molecule has 0 saturated carbocycles. The number of amides is 2. The molecule has 8 nitrogen and oxygen atoms in total. The monoisotopic (exact) mass is 334 g/mol. The second-order valence-corrected chi connectivity index (χ2v) is 5.78. The van der Waals surface area contributed by atoms with Gasteiger partial charge in [-0.05, 0) is 12.5 Å². The molecule has 0 aliphatic carbocycles. The summed E-state index contributed by atoms with van der Waals surface area (Å²) in [5, 5.41) is 6.25. The second-order valence-electron chi connectivity index (χ2n) is 5.78. The summed E-state index contributed by atoms with van der Waals surface area (Å²) in [5.41, 5.74) is 0. The van der Waals surface area contributed by atoms with Crippen molar-refractivity contribution in [2.24, 2.45) is 0 Å². The number of nitrogens with zero attached hydrogens (tertiary/aromatic N) is 5. The van der Waals surface area contributed by atoms with Gasteiger partial charge in [-0.3, -0.25) is 10.2 Å².